The maximum absolute atomic E-state index is 12.3. The summed E-state index contributed by atoms with van der Waals surface area (Å²) >= 11 is 0. The monoisotopic (exact) mass is 357 g/mol. The van der Waals surface area contributed by atoms with Gasteiger partial charge >= 0.3 is 6.03 Å². The zero-order valence-corrected chi connectivity index (χ0v) is 14.7. The van der Waals surface area contributed by atoms with Crippen LogP contribution in [0.2, 0.25) is 0 Å². The lowest BCUT2D eigenvalue weighted by molar-refractivity contribution is -0.138. The minimum Gasteiger partial charge on any atom is -0.497 e. The molecule has 0 bridgehead atoms. The number of hydrogen-bond donors (Lipinski definition) is 2. The Kier molecular flexibility index (Phi) is 5.58. The average molecular weight is 357 g/mol. The van der Waals surface area contributed by atoms with Gasteiger partial charge in [-0.25, -0.2) is 4.79 Å². The fourth-order valence-electron chi connectivity index (χ4n) is 3.10. The summed E-state index contributed by atoms with van der Waals surface area (Å²) in [6.45, 7) is 1.78. The number of amides is 3. The predicted octanol–water partition coefficient (Wildman–Crippen LogP) is 1.81. The minimum absolute atomic E-state index is 0.0161. The van der Waals surface area contributed by atoms with Crippen LogP contribution in [0.1, 0.15) is 18.1 Å². The molecule has 0 aromatic heterocycles. The van der Waals surface area contributed by atoms with E-state index in [9.17, 15) is 9.59 Å². The van der Waals surface area contributed by atoms with Crippen molar-refractivity contribution in [3.05, 3.63) is 42.0 Å². The van der Waals surface area contributed by atoms with Gasteiger partial charge < -0.3 is 25.4 Å². The highest BCUT2D eigenvalue weighted by Crippen LogP contribution is 2.28. The molecule has 1 unspecified atom stereocenters. The number of hydrogen-bond acceptors (Lipinski definition) is 4. The number of ether oxygens (including phenoxy) is 2. The van der Waals surface area contributed by atoms with E-state index in [1.165, 1.54) is 0 Å². The van der Waals surface area contributed by atoms with E-state index in [1.807, 2.05) is 30.3 Å². The van der Waals surface area contributed by atoms with Gasteiger partial charge in [0.15, 0.2) is 0 Å². The van der Waals surface area contributed by atoms with Crippen molar-refractivity contribution < 1.29 is 19.1 Å². The SMILES string of the molecule is COc1ccc2cc(C3CN(C(=O)CCNC(N)=O)CCO3)ccc2c1. The van der Waals surface area contributed by atoms with Gasteiger partial charge in [-0.1, -0.05) is 18.2 Å². The van der Waals surface area contributed by atoms with Crippen molar-refractivity contribution in [3.63, 3.8) is 0 Å². The molecule has 3 N–H and O–H groups in total. The maximum atomic E-state index is 12.3. The van der Waals surface area contributed by atoms with Crippen molar-refractivity contribution in [3.8, 4) is 5.75 Å². The van der Waals surface area contributed by atoms with Crippen LogP contribution in [0.3, 0.4) is 0 Å². The van der Waals surface area contributed by atoms with Crippen LogP contribution in [-0.4, -0.2) is 50.2 Å². The van der Waals surface area contributed by atoms with E-state index in [2.05, 4.69) is 11.4 Å². The summed E-state index contributed by atoms with van der Waals surface area (Å²) in [5, 5.41) is 4.63. The minimum atomic E-state index is -0.620. The molecule has 3 amide bonds. The smallest absolute Gasteiger partial charge is 0.312 e. The second-order valence-corrected chi connectivity index (χ2v) is 6.21. The largest absolute Gasteiger partial charge is 0.497 e. The van der Waals surface area contributed by atoms with Crippen LogP contribution in [0.4, 0.5) is 4.79 Å². The highest BCUT2D eigenvalue weighted by atomic mass is 16.5. The van der Waals surface area contributed by atoms with Gasteiger partial charge in [-0.2, -0.15) is 0 Å². The maximum Gasteiger partial charge on any atom is 0.312 e. The Hall–Kier alpha value is -2.80. The van der Waals surface area contributed by atoms with Gasteiger partial charge in [0, 0.05) is 19.5 Å². The number of nitrogens with zero attached hydrogens (tertiary/aromatic N) is 1. The molecule has 3 rings (SSSR count). The number of fused-ring (bicyclic) bond motifs is 1. The van der Waals surface area contributed by atoms with Crippen molar-refractivity contribution in [2.24, 2.45) is 5.73 Å². The van der Waals surface area contributed by atoms with E-state index < -0.39 is 6.03 Å². The Morgan fingerprint density at radius 3 is 2.81 bits per heavy atom. The van der Waals surface area contributed by atoms with E-state index in [1.54, 1.807) is 12.0 Å². The number of carbonyl (C=O) groups is 2. The Morgan fingerprint density at radius 1 is 1.27 bits per heavy atom. The molecule has 1 aliphatic heterocycles. The number of primary amides is 1. The van der Waals surface area contributed by atoms with E-state index in [0.717, 1.165) is 22.1 Å². The van der Waals surface area contributed by atoms with Crippen molar-refractivity contribution in [2.75, 3.05) is 33.4 Å². The first kappa shape index (κ1) is 18.0. The van der Waals surface area contributed by atoms with Crippen molar-refractivity contribution >= 4 is 22.7 Å². The summed E-state index contributed by atoms with van der Waals surface area (Å²) < 4.78 is 11.1. The number of methoxy groups -OCH3 is 1. The summed E-state index contributed by atoms with van der Waals surface area (Å²) in [5.41, 5.74) is 6.05. The summed E-state index contributed by atoms with van der Waals surface area (Å²) in [7, 11) is 1.65. The molecule has 7 heteroatoms. The average Bonchev–Trinajstić information content (AvgIpc) is 2.66. The molecule has 1 atom stereocenters. The number of benzene rings is 2. The third-order valence-corrected chi connectivity index (χ3v) is 4.50. The summed E-state index contributed by atoms with van der Waals surface area (Å²) in [6, 6.07) is 11.5. The zero-order valence-electron chi connectivity index (χ0n) is 14.7. The quantitative estimate of drug-likeness (QED) is 0.853. The van der Waals surface area contributed by atoms with Crippen LogP contribution in [0.15, 0.2) is 36.4 Å². The predicted molar refractivity (Wildman–Crippen MR) is 98.0 cm³/mol. The lowest BCUT2D eigenvalue weighted by Crippen LogP contribution is -2.43. The second kappa shape index (κ2) is 8.05. The second-order valence-electron chi connectivity index (χ2n) is 6.21. The first-order valence-electron chi connectivity index (χ1n) is 8.57. The number of carbonyl (C=O) groups excluding carboxylic acids is 2. The van der Waals surface area contributed by atoms with Crippen LogP contribution in [0.25, 0.3) is 10.8 Å². The molecule has 0 spiro atoms. The number of nitrogens with two attached hydrogens (primary N) is 1. The molecule has 1 saturated heterocycles. The molecular weight excluding hydrogens is 334 g/mol. The van der Waals surface area contributed by atoms with Gasteiger partial charge in [-0.05, 0) is 34.5 Å². The van der Waals surface area contributed by atoms with Gasteiger partial charge in [0.2, 0.25) is 5.91 Å². The molecule has 2 aromatic rings. The molecule has 1 fully saturated rings. The Balaban J connectivity index is 1.68. The van der Waals surface area contributed by atoms with Gasteiger partial charge in [0.1, 0.15) is 11.9 Å². The molecule has 0 aliphatic carbocycles. The topological polar surface area (TPSA) is 93.9 Å². The van der Waals surface area contributed by atoms with Gasteiger partial charge in [0.05, 0.1) is 20.3 Å². The number of morpholine rings is 1. The van der Waals surface area contributed by atoms with E-state index in [-0.39, 0.29) is 25.0 Å². The molecule has 138 valence electrons. The normalized spacial score (nSPS) is 17.1. The molecule has 7 nitrogen and oxygen atoms in total. The van der Waals surface area contributed by atoms with Crippen LogP contribution >= 0.6 is 0 Å². The number of nitrogens with one attached hydrogen (secondary N) is 1. The number of urea groups is 1. The van der Waals surface area contributed by atoms with Crippen molar-refractivity contribution in [2.45, 2.75) is 12.5 Å². The van der Waals surface area contributed by atoms with Crippen LogP contribution in [0, 0.1) is 0 Å². The molecule has 1 aliphatic rings. The third kappa shape index (κ3) is 4.23. The highest BCUT2D eigenvalue weighted by molar-refractivity contribution is 5.84. The fraction of sp³-hybridized carbons (Fsp3) is 0.368. The molecular formula is C19H23N3O4. The number of rotatable bonds is 5. The third-order valence-electron chi connectivity index (χ3n) is 4.50. The van der Waals surface area contributed by atoms with Crippen molar-refractivity contribution in [1.29, 1.82) is 0 Å². The van der Waals surface area contributed by atoms with E-state index >= 15 is 0 Å². The van der Waals surface area contributed by atoms with Gasteiger partial charge in [-0.3, -0.25) is 4.79 Å². The lowest BCUT2D eigenvalue weighted by Gasteiger charge is -2.33. The molecule has 26 heavy (non-hydrogen) atoms. The Bertz CT molecular complexity index is 808. The van der Waals surface area contributed by atoms with Crippen LogP contribution < -0.4 is 15.8 Å². The van der Waals surface area contributed by atoms with Crippen molar-refractivity contribution in [1.82, 2.24) is 10.2 Å². The molecule has 1 heterocycles. The zero-order chi connectivity index (χ0) is 18.5. The first-order valence-corrected chi connectivity index (χ1v) is 8.57. The van der Waals surface area contributed by atoms with Crippen LogP contribution in [0.5, 0.6) is 5.75 Å². The van der Waals surface area contributed by atoms with E-state index in [0.29, 0.717) is 19.7 Å². The van der Waals surface area contributed by atoms with Gasteiger partial charge in [0.25, 0.3) is 0 Å². The Labute approximate surface area is 152 Å². The molecule has 2 aromatic carbocycles. The lowest BCUT2D eigenvalue weighted by atomic mass is 10.0. The summed E-state index contributed by atoms with van der Waals surface area (Å²) in [6.07, 6.45) is 0.0657. The van der Waals surface area contributed by atoms with E-state index in [4.69, 9.17) is 15.2 Å². The fourth-order valence-corrected chi connectivity index (χ4v) is 3.10. The molecule has 0 saturated carbocycles. The summed E-state index contributed by atoms with van der Waals surface area (Å²) in [4.78, 5) is 24.8. The van der Waals surface area contributed by atoms with Gasteiger partial charge in [-0.15, -0.1) is 0 Å². The van der Waals surface area contributed by atoms with Crippen LogP contribution in [-0.2, 0) is 9.53 Å². The summed E-state index contributed by atoms with van der Waals surface area (Å²) in [5.74, 6) is 0.804. The highest BCUT2D eigenvalue weighted by Gasteiger charge is 2.25. The Morgan fingerprint density at radius 2 is 2.04 bits per heavy atom. The molecule has 0 radical (unpaired) electrons. The standard InChI is InChI=1S/C19H23N3O4/c1-25-16-5-4-13-10-15(3-2-14(13)11-16)17-12-22(8-9-26-17)18(23)6-7-21-19(20)24/h2-5,10-11,17H,6-9,12H2,1H3,(H3,20,21,24). The first-order chi connectivity index (χ1) is 12.6.